The quantitative estimate of drug-likeness (QED) is 0.0648. The lowest BCUT2D eigenvalue weighted by atomic mass is 9.97. The fourth-order valence-electron chi connectivity index (χ4n) is 3.85. The number of hydrogen-bond acceptors (Lipinski definition) is 15. The summed E-state index contributed by atoms with van der Waals surface area (Å²) in [5.74, 6) is -3.03. The summed E-state index contributed by atoms with van der Waals surface area (Å²) in [5, 5.41) is 15.0. The zero-order chi connectivity index (χ0) is 31.1. The molecule has 0 saturated carbocycles. The number of esters is 4. The number of carbonyl (C=O) groups excluding carboxylic acids is 4. The second kappa shape index (κ2) is 17.4. The molecule has 1 aromatic heterocycles. The molecule has 230 valence electrons. The first-order chi connectivity index (χ1) is 20.1. The first-order valence-corrected chi connectivity index (χ1v) is 12.5. The fraction of sp³-hybridized carbons (Fsp3) is 0.727. The van der Waals surface area contributed by atoms with E-state index in [1.807, 2.05) is 0 Å². The molecule has 5 atom stereocenters. The minimum Gasteiger partial charge on any atom is -0.463 e. The van der Waals surface area contributed by atoms with Crippen LogP contribution in [0, 0.1) is 0 Å². The number of aromatic nitrogens is 3. The predicted molar refractivity (Wildman–Crippen MR) is 135 cm³/mol. The molecule has 1 aromatic rings. The maximum absolute atomic E-state index is 12.2. The van der Waals surface area contributed by atoms with Crippen LogP contribution in [0.5, 0.6) is 0 Å². The normalized spacial score (nSPS) is 21.3. The summed E-state index contributed by atoms with van der Waals surface area (Å²) in [4.78, 5) is 53.2. The third kappa shape index (κ3) is 10.5. The molecular formula is C22H31N9O11. The molecule has 1 aliphatic heterocycles. The summed E-state index contributed by atoms with van der Waals surface area (Å²) < 4.78 is 39.9. The number of ether oxygens (including phenoxy) is 7. The Morgan fingerprint density at radius 2 is 1.38 bits per heavy atom. The molecule has 2 heterocycles. The molecule has 20 nitrogen and oxygen atoms in total. The van der Waals surface area contributed by atoms with Gasteiger partial charge in [0.05, 0.1) is 32.1 Å². The second-order valence-electron chi connectivity index (χ2n) is 8.53. The molecule has 0 amide bonds. The minimum atomic E-state index is -1.44. The molecule has 0 aromatic carbocycles. The molecule has 0 spiro atoms. The van der Waals surface area contributed by atoms with Gasteiger partial charge in [-0.2, -0.15) is 0 Å². The van der Waals surface area contributed by atoms with Crippen molar-refractivity contribution in [3.05, 3.63) is 32.3 Å². The number of hydrogen-bond donors (Lipinski definition) is 0. The minimum absolute atomic E-state index is 0.0188. The summed E-state index contributed by atoms with van der Waals surface area (Å²) in [6, 6.07) is 0. The third-order valence-corrected chi connectivity index (χ3v) is 5.35. The topological polar surface area (TPSA) is 261 Å². The molecule has 2 rings (SSSR count). The average Bonchev–Trinajstić information content (AvgIpc) is 3.31. The molecule has 0 radical (unpaired) electrons. The van der Waals surface area contributed by atoms with E-state index < -0.39 is 61.1 Å². The predicted octanol–water partition coefficient (Wildman–Crippen LogP) is 1.19. The highest BCUT2D eigenvalue weighted by atomic mass is 16.7. The Morgan fingerprint density at radius 1 is 0.833 bits per heavy atom. The Hall–Kier alpha value is -4.48. The molecule has 1 fully saturated rings. The van der Waals surface area contributed by atoms with Gasteiger partial charge in [0.25, 0.3) is 0 Å². The highest BCUT2D eigenvalue weighted by molar-refractivity contribution is 5.68. The van der Waals surface area contributed by atoms with Crippen LogP contribution in [-0.2, 0) is 65.5 Å². The van der Waals surface area contributed by atoms with Gasteiger partial charge in [0.1, 0.15) is 18.4 Å². The molecule has 0 N–H and O–H groups in total. The Morgan fingerprint density at radius 3 is 1.93 bits per heavy atom. The standard InChI is InChI=1S/C22H31N9O11/c1-12(32)38-11-18-19(39-13(2)33)20(40-14(3)34)21(41-15(4)35)22(42-18)31-17(10-37-8-6-26-29-24)16(27-30-31)9-36-7-5-25-28-23/h18-22H,5-11H2,1-4H3/t18-,19-,20+,21-,22-/m1/s1. The Bertz CT molecular complexity index is 1200. The van der Waals surface area contributed by atoms with Gasteiger partial charge in [-0.05, 0) is 11.1 Å². The second-order valence-corrected chi connectivity index (χ2v) is 8.53. The van der Waals surface area contributed by atoms with Gasteiger partial charge in [0, 0.05) is 50.6 Å². The molecular weight excluding hydrogens is 566 g/mol. The lowest BCUT2D eigenvalue weighted by Gasteiger charge is -2.44. The van der Waals surface area contributed by atoms with Crippen LogP contribution in [0.3, 0.4) is 0 Å². The van der Waals surface area contributed by atoms with Crippen LogP contribution in [-0.4, -0.2) is 96.2 Å². The van der Waals surface area contributed by atoms with Crippen molar-refractivity contribution < 1.29 is 52.3 Å². The van der Waals surface area contributed by atoms with Crippen LogP contribution < -0.4 is 0 Å². The van der Waals surface area contributed by atoms with Crippen LogP contribution in [0.25, 0.3) is 20.9 Å². The molecule has 1 aliphatic rings. The van der Waals surface area contributed by atoms with Crippen molar-refractivity contribution in [3.63, 3.8) is 0 Å². The highest BCUT2D eigenvalue weighted by Gasteiger charge is 2.53. The van der Waals surface area contributed by atoms with Gasteiger partial charge in [-0.25, -0.2) is 4.68 Å². The van der Waals surface area contributed by atoms with Crippen molar-refractivity contribution in [3.8, 4) is 0 Å². The molecule has 0 aliphatic carbocycles. The number of nitrogens with zero attached hydrogens (tertiary/aromatic N) is 9. The number of azide groups is 2. The van der Waals surface area contributed by atoms with E-state index in [1.165, 1.54) is 4.68 Å². The van der Waals surface area contributed by atoms with Crippen molar-refractivity contribution in [1.82, 2.24) is 15.0 Å². The van der Waals surface area contributed by atoms with Gasteiger partial charge in [0.2, 0.25) is 0 Å². The van der Waals surface area contributed by atoms with Crippen LogP contribution in [0.2, 0.25) is 0 Å². The summed E-state index contributed by atoms with van der Waals surface area (Å²) >= 11 is 0. The van der Waals surface area contributed by atoms with E-state index in [4.69, 9.17) is 44.2 Å². The summed E-state index contributed by atoms with van der Waals surface area (Å²) in [6.45, 7) is 3.92. The third-order valence-electron chi connectivity index (χ3n) is 5.35. The molecule has 42 heavy (non-hydrogen) atoms. The van der Waals surface area contributed by atoms with Crippen molar-refractivity contribution in [2.24, 2.45) is 10.2 Å². The maximum atomic E-state index is 12.2. The van der Waals surface area contributed by atoms with E-state index in [0.29, 0.717) is 0 Å². The van der Waals surface area contributed by atoms with E-state index in [0.717, 1.165) is 27.7 Å². The number of carbonyl (C=O) groups is 4. The van der Waals surface area contributed by atoms with Crippen molar-refractivity contribution >= 4 is 23.9 Å². The van der Waals surface area contributed by atoms with E-state index >= 15 is 0 Å². The van der Waals surface area contributed by atoms with Crippen molar-refractivity contribution in [1.29, 1.82) is 0 Å². The summed E-state index contributed by atoms with van der Waals surface area (Å²) in [6.07, 6.45) is -6.81. The van der Waals surface area contributed by atoms with Gasteiger partial charge in [-0.3, -0.25) is 19.2 Å². The zero-order valence-electron chi connectivity index (χ0n) is 23.4. The van der Waals surface area contributed by atoms with E-state index in [1.54, 1.807) is 0 Å². The van der Waals surface area contributed by atoms with Crippen molar-refractivity contribution in [2.45, 2.75) is 71.6 Å². The van der Waals surface area contributed by atoms with Gasteiger partial charge in [-0.1, -0.05) is 15.4 Å². The Balaban J connectivity index is 2.57. The molecule has 0 bridgehead atoms. The summed E-state index contributed by atoms with van der Waals surface area (Å²) in [5.41, 5.74) is 17.5. The van der Waals surface area contributed by atoms with E-state index in [2.05, 4.69) is 30.4 Å². The Kier molecular flexibility index (Phi) is 13.9. The van der Waals surface area contributed by atoms with Crippen LogP contribution in [0.15, 0.2) is 10.2 Å². The van der Waals surface area contributed by atoms with E-state index in [-0.39, 0.29) is 50.9 Å². The smallest absolute Gasteiger partial charge is 0.303 e. The fourth-order valence-corrected chi connectivity index (χ4v) is 3.85. The lowest BCUT2D eigenvalue weighted by molar-refractivity contribution is -0.271. The monoisotopic (exact) mass is 597 g/mol. The average molecular weight is 598 g/mol. The first kappa shape index (κ1) is 33.7. The van der Waals surface area contributed by atoms with E-state index in [9.17, 15) is 19.2 Å². The first-order valence-electron chi connectivity index (χ1n) is 12.5. The summed E-state index contributed by atoms with van der Waals surface area (Å²) in [7, 11) is 0. The highest BCUT2D eigenvalue weighted by Crippen LogP contribution is 2.35. The SMILES string of the molecule is CC(=O)OC[C@H]1O[C@@H](n2nnc(COCCN=[N+]=[N-])c2COCCN=[N+]=[N-])[C@H](OC(C)=O)[C@@H](OC(C)=O)[C@@H]1OC(C)=O. The van der Waals surface area contributed by atoms with Crippen LogP contribution >= 0.6 is 0 Å². The van der Waals surface area contributed by atoms with Gasteiger partial charge in [0.15, 0.2) is 24.5 Å². The molecule has 1 saturated heterocycles. The number of rotatable bonds is 16. The molecule has 20 heteroatoms. The van der Waals surface area contributed by atoms with Crippen molar-refractivity contribution in [2.75, 3.05) is 32.9 Å². The zero-order valence-corrected chi connectivity index (χ0v) is 23.4. The largest absolute Gasteiger partial charge is 0.463 e. The van der Waals surface area contributed by atoms with Crippen LogP contribution in [0.4, 0.5) is 0 Å². The van der Waals surface area contributed by atoms with Gasteiger partial charge < -0.3 is 33.2 Å². The van der Waals surface area contributed by atoms with Gasteiger partial charge in [-0.15, -0.1) is 5.10 Å². The van der Waals surface area contributed by atoms with Crippen LogP contribution in [0.1, 0.15) is 45.3 Å². The Labute approximate surface area is 238 Å². The maximum Gasteiger partial charge on any atom is 0.303 e. The molecule has 0 unspecified atom stereocenters. The lowest BCUT2D eigenvalue weighted by Crippen LogP contribution is -2.60. The van der Waals surface area contributed by atoms with Gasteiger partial charge >= 0.3 is 23.9 Å².